The van der Waals surface area contributed by atoms with E-state index in [2.05, 4.69) is 20.8 Å². The monoisotopic (exact) mass is 719 g/mol. The van der Waals surface area contributed by atoms with Gasteiger partial charge in [-0.2, -0.15) is 0 Å². The van der Waals surface area contributed by atoms with Gasteiger partial charge in [-0.25, -0.2) is 0 Å². The van der Waals surface area contributed by atoms with Gasteiger partial charge in [0, 0.05) is 6.42 Å². The van der Waals surface area contributed by atoms with Crippen LogP contribution in [-0.4, -0.2) is 18.4 Å². The van der Waals surface area contributed by atoms with Crippen LogP contribution in [0.4, 0.5) is 0 Å². The molecule has 0 bridgehead atoms. The standard InChI is InChI=1S/C48H94O3/c1-4-7-10-13-16-19-22-24-26-28-30-32-35-38-41-44-47(49)46(48(50)51-45-42-39-36-33-21-18-15-12-9-6-3)43-40-37-34-31-29-27-25-23-20-17-14-11-8-5-2/h46H,4-45H2,1-3H3. The molecule has 0 amide bonds. The van der Waals surface area contributed by atoms with Crippen molar-refractivity contribution in [3.63, 3.8) is 0 Å². The Balaban J connectivity index is 4.20. The van der Waals surface area contributed by atoms with Crippen LogP contribution in [-0.2, 0) is 14.3 Å². The van der Waals surface area contributed by atoms with Crippen LogP contribution in [0.25, 0.3) is 0 Å². The van der Waals surface area contributed by atoms with Crippen LogP contribution in [0.15, 0.2) is 0 Å². The second-order valence-electron chi connectivity index (χ2n) is 16.5. The number of hydrogen-bond donors (Lipinski definition) is 0. The molecule has 0 saturated carbocycles. The zero-order valence-corrected chi connectivity index (χ0v) is 35.5. The zero-order chi connectivity index (χ0) is 37.1. The summed E-state index contributed by atoms with van der Waals surface area (Å²) in [5.74, 6) is -0.615. The van der Waals surface area contributed by atoms with Crippen molar-refractivity contribution in [2.75, 3.05) is 6.61 Å². The maximum Gasteiger partial charge on any atom is 0.316 e. The fraction of sp³-hybridized carbons (Fsp3) is 0.958. The highest BCUT2D eigenvalue weighted by atomic mass is 16.5. The topological polar surface area (TPSA) is 43.4 Å². The lowest BCUT2D eigenvalue weighted by Gasteiger charge is -2.15. The van der Waals surface area contributed by atoms with E-state index < -0.39 is 5.92 Å². The number of rotatable bonds is 44. The van der Waals surface area contributed by atoms with Crippen molar-refractivity contribution in [3.05, 3.63) is 0 Å². The van der Waals surface area contributed by atoms with Crippen LogP contribution in [0.5, 0.6) is 0 Å². The van der Waals surface area contributed by atoms with Crippen molar-refractivity contribution in [1.82, 2.24) is 0 Å². The van der Waals surface area contributed by atoms with Gasteiger partial charge < -0.3 is 4.74 Å². The third-order valence-corrected chi connectivity index (χ3v) is 11.3. The molecule has 0 heterocycles. The molecule has 0 fully saturated rings. The largest absolute Gasteiger partial charge is 0.465 e. The Labute approximate surface area is 321 Å². The van der Waals surface area contributed by atoms with Crippen LogP contribution in [0.2, 0.25) is 0 Å². The lowest BCUT2D eigenvalue weighted by Crippen LogP contribution is -2.26. The number of unbranched alkanes of at least 4 members (excludes halogenated alkanes) is 36. The first-order chi connectivity index (χ1) is 25.2. The first-order valence-corrected chi connectivity index (χ1v) is 23.9. The fourth-order valence-corrected chi connectivity index (χ4v) is 7.66. The Morgan fingerprint density at radius 3 is 0.902 bits per heavy atom. The number of Topliss-reactive ketones (excluding diaryl/α,β-unsaturated/α-hetero) is 1. The maximum atomic E-state index is 13.3. The Hall–Kier alpha value is -0.860. The molecule has 0 rings (SSSR count). The smallest absolute Gasteiger partial charge is 0.316 e. The highest BCUT2D eigenvalue weighted by Crippen LogP contribution is 2.20. The van der Waals surface area contributed by atoms with Crippen LogP contribution < -0.4 is 0 Å². The molecule has 1 atom stereocenters. The molecule has 0 aromatic carbocycles. The van der Waals surface area contributed by atoms with E-state index >= 15 is 0 Å². The summed E-state index contributed by atoms with van der Waals surface area (Å²) in [6, 6.07) is 0. The van der Waals surface area contributed by atoms with Crippen molar-refractivity contribution >= 4 is 11.8 Å². The second kappa shape index (κ2) is 43.5. The molecule has 0 N–H and O–H groups in total. The molecule has 304 valence electrons. The summed E-state index contributed by atoms with van der Waals surface area (Å²) in [5.41, 5.74) is 0. The Bertz CT molecular complexity index is 688. The van der Waals surface area contributed by atoms with E-state index in [0.717, 1.165) is 38.5 Å². The molecule has 0 aliphatic rings. The van der Waals surface area contributed by atoms with E-state index in [1.54, 1.807) is 0 Å². The van der Waals surface area contributed by atoms with Gasteiger partial charge in [-0.15, -0.1) is 0 Å². The summed E-state index contributed by atoms with van der Waals surface area (Å²) in [7, 11) is 0. The van der Waals surface area contributed by atoms with Crippen molar-refractivity contribution in [1.29, 1.82) is 0 Å². The van der Waals surface area contributed by atoms with Gasteiger partial charge in [-0.1, -0.05) is 258 Å². The lowest BCUT2D eigenvalue weighted by molar-refractivity contribution is -0.152. The predicted molar refractivity (Wildman–Crippen MR) is 226 cm³/mol. The minimum absolute atomic E-state index is 0.146. The zero-order valence-electron chi connectivity index (χ0n) is 35.5. The minimum atomic E-state index is -0.530. The van der Waals surface area contributed by atoms with E-state index in [1.165, 1.54) is 212 Å². The number of ketones is 1. The Morgan fingerprint density at radius 2 is 0.588 bits per heavy atom. The highest BCUT2D eigenvalue weighted by Gasteiger charge is 2.27. The van der Waals surface area contributed by atoms with E-state index in [9.17, 15) is 9.59 Å². The van der Waals surface area contributed by atoms with Gasteiger partial charge >= 0.3 is 5.97 Å². The molecular formula is C48H94O3. The summed E-state index contributed by atoms with van der Waals surface area (Å²) >= 11 is 0. The first-order valence-electron chi connectivity index (χ1n) is 23.9. The minimum Gasteiger partial charge on any atom is -0.465 e. The van der Waals surface area contributed by atoms with Gasteiger partial charge in [0.15, 0.2) is 0 Å². The lowest BCUT2D eigenvalue weighted by atomic mass is 9.92. The number of esters is 1. The van der Waals surface area contributed by atoms with Gasteiger partial charge in [0.1, 0.15) is 11.7 Å². The molecule has 3 heteroatoms. The second-order valence-corrected chi connectivity index (χ2v) is 16.5. The normalized spacial score (nSPS) is 12.1. The van der Waals surface area contributed by atoms with Gasteiger partial charge in [-0.3, -0.25) is 9.59 Å². The van der Waals surface area contributed by atoms with Gasteiger partial charge in [0.25, 0.3) is 0 Å². The highest BCUT2D eigenvalue weighted by molar-refractivity contribution is 5.98. The van der Waals surface area contributed by atoms with Gasteiger partial charge in [0.05, 0.1) is 6.61 Å². The van der Waals surface area contributed by atoms with Gasteiger partial charge in [-0.05, 0) is 19.3 Å². The van der Waals surface area contributed by atoms with Crippen LogP contribution in [0.3, 0.4) is 0 Å². The van der Waals surface area contributed by atoms with E-state index in [4.69, 9.17) is 4.74 Å². The molecule has 0 aliphatic carbocycles. The molecule has 1 unspecified atom stereocenters. The number of ether oxygens (including phenoxy) is 1. The van der Waals surface area contributed by atoms with Crippen molar-refractivity contribution in [2.45, 2.75) is 284 Å². The molecule has 0 aromatic rings. The Kier molecular flexibility index (Phi) is 42.8. The summed E-state index contributed by atoms with van der Waals surface area (Å²) in [6.07, 6.45) is 52.3. The predicted octanol–water partition coefficient (Wildman–Crippen LogP) is 16.8. The Morgan fingerprint density at radius 1 is 0.333 bits per heavy atom. The fourth-order valence-electron chi connectivity index (χ4n) is 7.66. The molecule has 51 heavy (non-hydrogen) atoms. The summed E-state index contributed by atoms with van der Waals surface area (Å²) in [6.45, 7) is 7.33. The number of carbonyl (C=O) groups excluding carboxylic acids is 2. The molecule has 0 aliphatic heterocycles. The van der Waals surface area contributed by atoms with Crippen molar-refractivity contribution in [2.24, 2.45) is 5.92 Å². The number of hydrogen-bond acceptors (Lipinski definition) is 3. The van der Waals surface area contributed by atoms with Crippen molar-refractivity contribution < 1.29 is 14.3 Å². The molecule has 0 aromatic heterocycles. The van der Waals surface area contributed by atoms with Crippen LogP contribution in [0.1, 0.15) is 284 Å². The molecule has 0 spiro atoms. The first kappa shape index (κ1) is 50.1. The molecular weight excluding hydrogens is 625 g/mol. The van der Waals surface area contributed by atoms with Crippen LogP contribution >= 0.6 is 0 Å². The average molecular weight is 719 g/mol. The van der Waals surface area contributed by atoms with E-state index in [1.807, 2.05) is 0 Å². The quantitative estimate of drug-likeness (QED) is 0.0358. The summed E-state index contributed by atoms with van der Waals surface area (Å²) in [5, 5.41) is 0. The maximum absolute atomic E-state index is 13.3. The molecule has 0 radical (unpaired) electrons. The van der Waals surface area contributed by atoms with Crippen molar-refractivity contribution in [3.8, 4) is 0 Å². The molecule has 3 nitrogen and oxygen atoms in total. The van der Waals surface area contributed by atoms with Gasteiger partial charge in [0.2, 0.25) is 0 Å². The average Bonchev–Trinajstić information content (AvgIpc) is 3.13. The molecule has 0 saturated heterocycles. The van der Waals surface area contributed by atoms with E-state index in [-0.39, 0.29) is 11.8 Å². The number of carbonyl (C=O) groups is 2. The van der Waals surface area contributed by atoms with E-state index in [0.29, 0.717) is 19.4 Å². The third-order valence-electron chi connectivity index (χ3n) is 11.3. The SMILES string of the molecule is CCCCCCCCCCCCCCCCCC(=O)C(CCCCCCCCCCCCCCCC)C(=O)OCCCCCCCCCCCC. The summed E-state index contributed by atoms with van der Waals surface area (Å²) < 4.78 is 5.74. The third kappa shape index (κ3) is 38.7. The summed E-state index contributed by atoms with van der Waals surface area (Å²) in [4.78, 5) is 26.4. The van der Waals surface area contributed by atoms with Crippen LogP contribution in [0, 0.1) is 5.92 Å².